The first-order valence-corrected chi connectivity index (χ1v) is 8.42. The second-order valence-corrected chi connectivity index (χ2v) is 6.09. The third kappa shape index (κ3) is 2.87. The number of ether oxygens (including phenoxy) is 1. The van der Waals surface area contributed by atoms with Crippen LogP contribution in [0, 0.1) is 0 Å². The Bertz CT molecular complexity index is 941. The van der Waals surface area contributed by atoms with Crippen LogP contribution in [0.2, 0.25) is 0 Å². The van der Waals surface area contributed by atoms with E-state index in [0.29, 0.717) is 37.3 Å². The van der Waals surface area contributed by atoms with Crippen molar-refractivity contribution in [1.82, 2.24) is 0 Å². The molecule has 1 aromatic heterocycles. The molecular weight excluding hydrogens is 318 g/mol. The molecule has 0 atom stereocenters. The van der Waals surface area contributed by atoms with Gasteiger partial charge < -0.3 is 19.2 Å². The molecule has 0 bridgehead atoms. The fraction of sp³-hybridized carbons (Fsp3) is 0.250. The Balaban J connectivity index is 1.93. The highest BCUT2D eigenvalue weighted by Gasteiger charge is 2.22. The molecule has 2 aromatic carbocycles. The summed E-state index contributed by atoms with van der Waals surface area (Å²) in [5.41, 5.74) is 1.89. The number of fused-ring (bicyclic) bond motifs is 1. The average Bonchev–Trinajstić information content (AvgIpc) is 2.94. The second-order valence-electron chi connectivity index (χ2n) is 6.09. The van der Waals surface area contributed by atoms with Gasteiger partial charge in [-0.05, 0) is 18.1 Å². The molecule has 1 saturated heterocycles. The predicted octanol–water partition coefficient (Wildman–Crippen LogP) is 3.39. The summed E-state index contributed by atoms with van der Waals surface area (Å²) >= 11 is 0. The third-order valence-corrected chi connectivity index (χ3v) is 4.47. The van der Waals surface area contributed by atoms with Crippen LogP contribution in [0.5, 0.6) is 5.75 Å². The van der Waals surface area contributed by atoms with E-state index < -0.39 is 5.43 Å². The standard InChI is InChI=1S/C20H19NO4/c22-17-16-9-4-8-15(14-6-2-1-3-7-14)19(16)25-20(18(17)23)21-10-5-12-24-13-11-21/h1-4,6-9,23H,5,10-13H2. The van der Waals surface area contributed by atoms with Gasteiger partial charge in [-0.2, -0.15) is 0 Å². The zero-order valence-electron chi connectivity index (χ0n) is 13.8. The Morgan fingerprint density at radius 3 is 2.64 bits per heavy atom. The molecule has 0 unspecified atom stereocenters. The number of benzene rings is 2. The highest BCUT2D eigenvalue weighted by molar-refractivity contribution is 5.93. The molecule has 1 fully saturated rings. The van der Waals surface area contributed by atoms with Gasteiger partial charge >= 0.3 is 0 Å². The Labute approximate surface area is 145 Å². The van der Waals surface area contributed by atoms with E-state index in [4.69, 9.17) is 9.15 Å². The first-order valence-electron chi connectivity index (χ1n) is 8.42. The molecule has 0 spiro atoms. The number of hydrogen-bond acceptors (Lipinski definition) is 5. The summed E-state index contributed by atoms with van der Waals surface area (Å²) in [6.45, 7) is 2.47. The SMILES string of the molecule is O=c1c(O)c(N2CCCOCC2)oc2c(-c3ccccc3)cccc12. The van der Waals surface area contributed by atoms with Crippen molar-refractivity contribution in [2.45, 2.75) is 6.42 Å². The van der Waals surface area contributed by atoms with Crippen molar-refractivity contribution in [1.29, 1.82) is 0 Å². The first-order chi connectivity index (χ1) is 12.3. The lowest BCUT2D eigenvalue weighted by molar-refractivity contribution is 0.152. The molecule has 0 amide bonds. The minimum atomic E-state index is -0.404. The van der Waals surface area contributed by atoms with Gasteiger partial charge in [0.25, 0.3) is 0 Å². The highest BCUT2D eigenvalue weighted by atomic mass is 16.5. The predicted molar refractivity (Wildman–Crippen MR) is 97.2 cm³/mol. The third-order valence-electron chi connectivity index (χ3n) is 4.47. The lowest BCUT2D eigenvalue weighted by atomic mass is 10.0. The van der Waals surface area contributed by atoms with Gasteiger partial charge in [-0.1, -0.05) is 42.5 Å². The fourth-order valence-electron chi connectivity index (χ4n) is 3.20. The molecule has 0 saturated carbocycles. The van der Waals surface area contributed by atoms with Crippen LogP contribution in [-0.4, -0.2) is 31.4 Å². The van der Waals surface area contributed by atoms with Crippen LogP contribution in [0.3, 0.4) is 0 Å². The van der Waals surface area contributed by atoms with E-state index in [1.54, 1.807) is 12.1 Å². The summed E-state index contributed by atoms with van der Waals surface area (Å²) in [5.74, 6) is -0.106. The number of aromatic hydroxyl groups is 1. The van der Waals surface area contributed by atoms with Crippen molar-refractivity contribution < 1.29 is 14.3 Å². The molecule has 25 heavy (non-hydrogen) atoms. The van der Waals surface area contributed by atoms with Crippen LogP contribution < -0.4 is 10.3 Å². The van der Waals surface area contributed by atoms with Crippen LogP contribution in [0.1, 0.15) is 6.42 Å². The van der Waals surface area contributed by atoms with Crippen molar-refractivity contribution in [2.75, 3.05) is 31.2 Å². The maximum atomic E-state index is 12.7. The number of hydrogen-bond donors (Lipinski definition) is 1. The minimum Gasteiger partial charge on any atom is -0.500 e. The van der Waals surface area contributed by atoms with Gasteiger partial charge in [-0.3, -0.25) is 4.79 Å². The van der Waals surface area contributed by atoms with E-state index >= 15 is 0 Å². The number of nitrogens with zero attached hydrogens (tertiary/aromatic N) is 1. The summed E-state index contributed by atoms with van der Waals surface area (Å²) in [6.07, 6.45) is 0.821. The lowest BCUT2D eigenvalue weighted by Crippen LogP contribution is -2.27. The van der Waals surface area contributed by atoms with Crippen LogP contribution >= 0.6 is 0 Å². The smallest absolute Gasteiger partial charge is 0.242 e. The minimum absolute atomic E-state index is 0.228. The van der Waals surface area contributed by atoms with Gasteiger partial charge in [0, 0.05) is 25.3 Å². The lowest BCUT2D eigenvalue weighted by Gasteiger charge is -2.21. The summed E-state index contributed by atoms with van der Waals surface area (Å²) in [7, 11) is 0. The van der Waals surface area contributed by atoms with E-state index in [1.165, 1.54) is 0 Å². The zero-order chi connectivity index (χ0) is 17.2. The van der Waals surface area contributed by atoms with Crippen LogP contribution in [-0.2, 0) is 4.74 Å². The van der Waals surface area contributed by atoms with E-state index in [1.807, 2.05) is 41.3 Å². The normalized spacial score (nSPS) is 15.3. The molecule has 0 radical (unpaired) electrons. The molecule has 2 heterocycles. The molecule has 5 heteroatoms. The van der Waals surface area contributed by atoms with Crippen molar-refractivity contribution in [3.8, 4) is 16.9 Å². The molecule has 3 aromatic rings. The van der Waals surface area contributed by atoms with Crippen molar-refractivity contribution in [3.05, 3.63) is 58.8 Å². The Kier molecular flexibility index (Phi) is 4.15. The van der Waals surface area contributed by atoms with Crippen LogP contribution in [0.15, 0.2) is 57.7 Å². The zero-order valence-corrected chi connectivity index (χ0v) is 13.8. The van der Waals surface area contributed by atoms with Gasteiger partial charge in [0.05, 0.1) is 12.0 Å². The number of para-hydroxylation sites is 1. The summed E-state index contributed by atoms with van der Waals surface area (Å²) in [6, 6.07) is 15.2. The topological polar surface area (TPSA) is 62.9 Å². The molecule has 0 aliphatic carbocycles. The Morgan fingerprint density at radius 1 is 0.960 bits per heavy atom. The fourth-order valence-corrected chi connectivity index (χ4v) is 3.20. The van der Waals surface area contributed by atoms with E-state index in [9.17, 15) is 9.90 Å². The summed E-state index contributed by atoms with van der Waals surface area (Å²) < 4.78 is 11.5. The molecule has 1 aliphatic rings. The number of rotatable bonds is 2. The molecule has 128 valence electrons. The number of anilines is 1. The van der Waals surface area contributed by atoms with Gasteiger partial charge in [-0.15, -0.1) is 0 Å². The van der Waals surface area contributed by atoms with Gasteiger partial charge in [0.2, 0.25) is 17.1 Å². The first kappa shape index (κ1) is 15.7. The van der Waals surface area contributed by atoms with E-state index in [0.717, 1.165) is 17.5 Å². The molecule has 1 aliphatic heterocycles. The highest BCUT2D eigenvalue weighted by Crippen LogP contribution is 2.34. The van der Waals surface area contributed by atoms with Crippen LogP contribution in [0.4, 0.5) is 5.88 Å². The van der Waals surface area contributed by atoms with E-state index in [2.05, 4.69) is 0 Å². The van der Waals surface area contributed by atoms with Crippen molar-refractivity contribution in [3.63, 3.8) is 0 Å². The quantitative estimate of drug-likeness (QED) is 0.776. The Hall–Kier alpha value is -2.79. The molecule has 1 N–H and O–H groups in total. The Morgan fingerprint density at radius 2 is 1.80 bits per heavy atom. The van der Waals surface area contributed by atoms with Gasteiger partial charge in [-0.25, -0.2) is 0 Å². The summed E-state index contributed by atoms with van der Waals surface area (Å²) in [4.78, 5) is 14.6. The monoisotopic (exact) mass is 337 g/mol. The second kappa shape index (κ2) is 6.61. The van der Waals surface area contributed by atoms with Gasteiger partial charge in [0.15, 0.2) is 0 Å². The molecular formula is C20H19NO4. The molecule has 4 rings (SSSR count). The van der Waals surface area contributed by atoms with E-state index in [-0.39, 0.29) is 11.6 Å². The average molecular weight is 337 g/mol. The van der Waals surface area contributed by atoms with Crippen LogP contribution in [0.25, 0.3) is 22.1 Å². The molecule has 5 nitrogen and oxygen atoms in total. The maximum absolute atomic E-state index is 12.7. The van der Waals surface area contributed by atoms with Crippen molar-refractivity contribution in [2.24, 2.45) is 0 Å². The largest absolute Gasteiger partial charge is 0.500 e. The summed E-state index contributed by atoms with van der Waals surface area (Å²) in [5, 5.41) is 10.8. The van der Waals surface area contributed by atoms with Gasteiger partial charge in [0.1, 0.15) is 5.58 Å². The van der Waals surface area contributed by atoms with Crippen molar-refractivity contribution >= 4 is 16.9 Å². The maximum Gasteiger partial charge on any atom is 0.242 e.